The minimum absolute atomic E-state index is 0.0133. The van der Waals surface area contributed by atoms with E-state index in [-0.39, 0.29) is 6.04 Å². The summed E-state index contributed by atoms with van der Waals surface area (Å²) in [6.07, 6.45) is 4.45. The van der Waals surface area contributed by atoms with Gasteiger partial charge in [0.1, 0.15) is 6.33 Å². The van der Waals surface area contributed by atoms with E-state index >= 15 is 0 Å². The number of aromatic nitrogens is 2. The molecule has 4 nitrogen and oxygen atoms in total. The highest BCUT2D eigenvalue weighted by atomic mass is 16.5. The van der Waals surface area contributed by atoms with E-state index in [9.17, 15) is 0 Å². The lowest BCUT2D eigenvalue weighted by Crippen LogP contribution is -2.28. The second kappa shape index (κ2) is 6.48. The highest BCUT2D eigenvalue weighted by Crippen LogP contribution is 2.03. The molecule has 2 N–H and O–H groups in total. The summed E-state index contributed by atoms with van der Waals surface area (Å²) in [5.41, 5.74) is 7.94. The molecule has 1 atom stereocenters. The van der Waals surface area contributed by atoms with Crippen LogP contribution in [0.2, 0.25) is 0 Å². The van der Waals surface area contributed by atoms with Crippen molar-refractivity contribution < 1.29 is 4.74 Å². The second-order valence-electron chi connectivity index (χ2n) is 3.67. The van der Waals surface area contributed by atoms with Gasteiger partial charge in [0, 0.05) is 31.0 Å². The van der Waals surface area contributed by atoms with Crippen molar-refractivity contribution >= 4 is 0 Å². The zero-order chi connectivity index (χ0) is 11.1. The third kappa shape index (κ3) is 4.36. The summed E-state index contributed by atoms with van der Waals surface area (Å²) >= 11 is 0. The molecule has 15 heavy (non-hydrogen) atoms. The first-order valence-electron chi connectivity index (χ1n) is 5.30. The Balaban J connectivity index is 2.56. The zero-order valence-corrected chi connectivity index (χ0v) is 9.44. The van der Waals surface area contributed by atoms with Crippen molar-refractivity contribution in [3.8, 4) is 0 Å². The van der Waals surface area contributed by atoms with E-state index in [0.29, 0.717) is 6.61 Å². The number of aryl methyl sites for hydroxylation is 1. The summed E-state index contributed by atoms with van der Waals surface area (Å²) in [4.78, 5) is 8.40. The molecule has 0 aliphatic rings. The minimum Gasteiger partial charge on any atom is -0.383 e. The first-order chi connectivity index (χ1) is 7.26. The molecule has 0 spiro atoms. The van der Waals surface area contributed by atoms with Crippen LogP contribution in [0.4, 0.5) is 0 Å². The average molecular weight is 209 g/mol. The van der Waals surface area contributed by atoms with Gasteiger partial charge in [0.15, 0.2) is 0 Å². The Morgan fingerprint density at radius 1 is 1.40 bits per heavy atom. The molecule has 0 aliphatic heterocycles. The number of nitrogens with zero attached hydrogens (tertiary/aromatic N) is 2. The Kier molecular flexibility index (Phi) is 5.21. The molecule has 84 valence electrons. The first-order valence-corrected chi connectivity index (χ1v) is 5.30. The van der Waals surface area contributed by atoms with Crippen LogP contribution in [0.15, 0.2) is 12.4 Å². The second-order valence-corrected chi connectivity index (χ2v) is 3.67. The van der Waals surface area contributed by atoms with Crippen molar-refractivity contribution in [2.24, 2.45) is 5.73 Å². The number of hydrogen-bond donors (Lipinski definition) is 1. The van der Waals surface area contributed by atoms with Crippen LogP contribution in [0.1, 0.15) is 24.7 Å². The molecule has 0 radical (unpaired) electrons. The summed E-state index contributed by atoms with van der Waals surface area (Å²) in [5, 5.41) is 0. The lowest BCUT2D eigenvalue weighted by Gasteiger charge is -2.09. The minimum atomic E-state index is 0.0133. The van der Waals surface area contributed by atoms with Crippen LogP contribution in [-0.4, -0.2) is 29.7 Å². The van der Waals surface area contributed by atoms with Gasteiger partial charge in [0.05, 0.1) is 6.61 Å². The molecule has 1 aromatic heterocycles. The lowest BCUT2D eigenvalue weighted by molar-refractivity contribution is 0.179. The fraction of sp³-hybridized carbons (Fsp3) is 0.636. The van der Waals surface area contributed by atoms with Crippen LogP contribution in [0.25, 0.3) is 0 Å². The summed E-state index contributed by atoms with van der Waals surface area (Å²) in [5.74, 6) is 0. The van der Waals surface area contributed by atoms with Gasteiger partial charge >= 0.3 is 0 Å². The molecule has 0 aliphatic carbocycles. The van der Waals surface area contributed by atoms with Crippen LogP contribution in [0.5, 0.6) is 0 Å². The molecular weight excluding hydrogens is 190 g/mol. The fourth-order valence-electron chi connectivity index (χ4n) is 1.49. The van der Waals surface area contributed by atoms with Crippen molar-refractivity contribution in [2.45, 2.75) is 32.2 Å². The highest BCUT2D eigenvalue weighted by molar-refractivity contribution is 5.09. The predicted octanol–water partition coefficient (Wildman–Crippen LogP) is 0.945. The van der Waals surface area contributed by atoms with Crippen molar-refractivity contribution in [1.82, 2.24) is 9.97 Å². The maximum Gasteiger partial charge on any atom is 0.115 e. The van der Waals surface area contributed by atoms with E-state index in [4.69, 9.17) is 10.5 Å². The van der Waals surface area contributed by atoms with Crippen LogP contribution in [0, 0.1) is 0 Å². The van der Waals surface area contributed by atoms with Crippen molar-refractivity contribution in [3.05, 3.63) is 23.8 Å². The molecule has 0 saturated carbocycles. The molecule has 1 heterocycles. The maximum absolute atomic E-state index is 5.85. The normalized spacial score (nSPS) is 12.7. The highest BCUT2D eigenvalue weighted by Gasteiger charge is 2.05. The summed E-state index contributed by atoms with van der Waals surface area (Å²) in [7, 11) is 1.66. The van der Waals surface area contributed by atoms with E-state index in [1.807, 2.05) is 6.07 Å². The van der Waals surface area contributed by atoms with Gasteiger partial charge in [0.25, 0.3) is 0 Å². The quantitative estimate of drug-likeness (QED) is 0.757. The Labute approximate surface area is 90.9 Å². The number of hydrogen-bond acceptors (Lipinski definition) is 4. The molecule has 0 fully saturated rings. The van der Waals surface area contributed by atoms with Gasteiger partial charge in [-0.05, 0) is 12.5 Å². The van der Waals surface area contributed by atoms with Crippen LogP contribution in [-0.2, 0) is 17.6 Å². The Morgan fingerprint density at radius 3 is 2.80 bits per heavy atom. The fourth-order valence-corrected chi connectivity index (χ4v) is 1.49. The maximum atomic E-state index is 5.85. The molecule has 0 bridgehead atoms. The van der Waals surface area contributed by atoms with Crippen molar-refractivity contribution in [2.75, 3.05) is 13.7 Å². The van der Waals surface area contributed by atoms with Crippen molar-refractivity contribution in [3.63, 3.8) is 0 Å². The first kappa shape index (κ1) is 12.1. The molecular formula is C11H19N3O. The van der Waals surface area contributed by atoms with Gasteiger partial charge in [-0.1, -0.05) is 13.3 Å². The zero-order valence-electron chi connectivity index (χ0n) is 9.44. The SMILES string of the molecule is CCCc1cc(CC(N)COC)ncn1. The van der Waals surface area contributed by atoms with Gasteiger partial charge in [-0.3, -0.25) is 0 Å². The van der Waals surface area contributed by atoms with E-state index in [1.165, 1.54) is 0 Å². The molecule has 1 unspecified atom stereocenters. The van der Waals surface area contributed by atoms with Crippen LogP contribution >= 0.6 is 0 Å². The molecule has 0 aromatic carbocycles. The topological polar surface area (TPSA) is 61.0 Å². The summed E-state index contributed by atoms with van der Waals surface area (Å²) in [6, 6.07) is 2.04. The molecule has 1 rings (SSSR count). The van der Waals surface area contributed by atoms with Crippen LogP contribution < -0.4 is 5.73 Å². The number of nitrogens with two attached hydrogens (primary N) is 1. The number of methoxy groups -OCH3 is 1. The largest absolute Gasteiger partial charge is 0.383 e. The molecule has 1 aromatic rings. The number of rotatable bonds is 6. The molecule has 0 amide bonds. The third-order valence-corrected chi connectivity index (χ3v) is 2.14. The standard InChI is InChI=1S/C11H19N3O/c1-3-4-10-6-11(14-8-13-10)5-9(12)7-15-2/h6,8-9H,3-5,7,12H2,1-2H3. The molecule has 0 saturated heterocycles. The predicted molar refractivity (Wildman–Crippen MR) is 59.6 cm³/mol. The Hall–Kier alpha value is -1.00. The van der Waals surface area contributed by atoms with Gasteiger partial charge in [-0.15, -0.1) is 0 Å². The van der Waals surface area contributed by atoms with E-state index in [0.717, 1.165) is 30.7 Å². The lowest BCUT2D eigenvalue weighted by atomic mass is 10.1. The van der Waals surface area contributed by atoms with Gasteiger partial charge in [-0.25, -0.2) is 9.97 Å². The third-order valence-electron chi connectivity index (χ3n) is 2.14. The van der Waals surface area contributed by atoms with E-state index < -0.39 is 0 Å². The van der Waals surface area contributed by atoms with E-state index in [1.54, 1.807) is 13.4 Å². The average Bonchev–Trinajstić information content (AvgIpc) is 2.19. The Morgan fingerprint density at radius 2 is 2.13 bits per heavy atom. The van der Waals surface area contributed by atoms with Gasteiger partial charge in [0.2, 0.25) is 0 Å². The van der Waals surface area contributed by atoms with Crippen LogP contribution in [0.3, 0.4) is 0 Å². The van der Waals surface area contributed by atoms with Gasteiger partial charge in [-0.2, -0.15) is 0 Å². The summed E-state index contributed by atoms with van der Waals surface area (Å²) in [6.45, 7) is 2.70. The monoisotopic (exact) mass is 209 g/mol. The van der Waals surface area contributed by atoms with Gasteiger partial charge < -0.3 is 10.5 Å². The smallest absolute Gasteiger partial charge is 0.115 e. The Bertz CT molecular complexity index is 291. The molecule has 4 heteroatoms. The van der Waals surface area contributed by atoms with Crippen molar-refractivity contribution in [1.29, 1.82) is 0 Å². The number of ether oxygens (including phenoxy) is 1. The van der Waals surface area contributed by atoms with E-state index in [2.05, 4.69) is 16.9 Å². The summed E-state index contributed by atoms with van der Waals surface area (Å²) < 4.78 is 4.99.